The molecule has 7 rings (SSSR count). The number of ether oxygens (including phenoxy) is 3. The summed E-state index contributed by atoms with van der Waals surface area (Å²) >= 11 is 0. The summed E-state index contributed by atoms with van der Waals surface area (Å²) in [5.74, 6) is 1.36. The van der Waals surface area contributed by atoms with E-state index in [1.54, 1.807) is 14.2 Å². The van der Waals surface area contributed by atoms with Crippen molar-refractivity contribution in [1.29, 1.82) is 0 Å². The summed E-state index contributed by atoms with van der Waals surface area (Å²) in [5, 5.41) is 22.3. The molecule has 6 aliphatic rings. The van der Waals surface area contributed by atoms with Crippen LogP contribution in [0.2, 0.25) is 0 Å². The summed E-state index contributed by atoms with van der Waals surface area (Å²) in [4.78, 5) is 13.8. The van der Waals surface area contributed by atoms with E-state index < -0.39 is 28.6 Å². The van der Waals surface area contributed by atoms with Crippen LogP contribution in [0.5, 0.6) is 11.5 Å². The van der Waals surface area contributed by atoms with E-state index in [4.69, 9.17) is 14.2 Å². The zero-order valence-electron chi connectivity index (χ0n) is 16.3. The molecule has 29 heavy (non-hydrogen) atoms. The van der Waals surface area contributed by atoms with Gasteiger partial charge in [0.05, 0.1) is 18.6 Å². The van der Waals surface area contributed by atoms with Crippen LogP contribution in [0.3, 0.4) is 0 Å². The maximum absolute atomic E-state index is 12.3. The van der Waals surface area contributed by atoms with Gasteiger partial charge in [-0.3, -0.25) is 10.0 Å². The van der Waals surface area contributed by atoms with Crippen molar-refractivity contribution < 1.29 is 24.2 Å². The number of amides is 1. The van der Waals surface area contributed by atoms with Crippen LogP contribution in [-0.4, -0.2) is 66.3 Å². The van der Waals surface area contributed by atoms with Gasteiger partial charge in [0.2, 0.25) is 6.41 Å². The van der Waals surface area contributed by atoms with Gasteiger partial charge in [0.25, 0.3) is 0 Å². The fourth-order valence-electron chi connectivity index (χ4n) is 7.36. The van der Waals surface area contributed by atoms with E-state index >= 15 is 0 Å². The Morgan fingerprint density at radius 1 is 1.38 bits per heavy atom. The van der Waals surface area contributed by atoms with Gasteiger partial charge in [-0.25, -0.2) is 0 Å². The van der Waals surface area contributed by atoms with Gasteiger partial charge >= 0.3 is 0 Å². The number of piperidine rings is 1. The number of nitrogens with zero attached hydrogens (tertiary/aromatic N) is 2. The van der Waals surface area contributed by atoms with Crippen LogP contribution in [-0.2, 0) is 21.4 Å². The molecule has 4 bridgehead atoms. The van der Waals surface area contributed by atoms with Crippen LogP contribution in [0.1, 0.15) is 24.0 Å². The van der Waals surface area contributed by atoms with Crippen molar-refractivity contribution in [3.8, 4) is 11.5 Å². The largest absolute Gasteiger partial charge is 0.762 e. The third-order valence-electron chi connectivity index (χ3n) is 8.42. The predicted molar refractivity (Wildman–Crippen MR) is 101 cm³/mol. The Bertz CT molecular complexity index is 949. The molecule has 2 heterocycles. The molecule has 1 amide bonds. The molecular formula is C21H23N2O6-. The molecule has 1 N–H and O–H groups in total. The number of carbonyl (C=O) groups is 1. The molecule has 154 valence electrons. The standard InChI is InChI=1S/C21H23N2O6/c1-27-13-4-3-12-9-14-19-5-6-21(28-2,15(10-19)23(25)26)18-20(19,7-8-22(14)11-24)16(12)17(13)29-18/h3-6,11,14-15,18,25H,7-10H2,1-2H3/q-1/t14-,15-,18+,19-,20+,21-/m1/s1. The molecule has 6 atom stereocenters. The smallest absolute Gasteiger partial charge is 0.209 e. The molecule has 8 heteroatoms. The molecule has 8 nitrogen and oxygen atoms in total. The van der Waals surface area contributed by atoms with Crippen molar-refractivity contribution in [1.82, 2.24) is 10.1 Å². The van der Waals surface area contributed by atoms with Crippen molar-refractivity contribution in [2.45, 2.75) is 48.5 Å². The van der Waals surface area contributed by atoms with Crippen molar-refractivity contribution in [2.75, 3.05) is 20.8 Å². The highest BCUT2D eigenvalue weighted by Gasteiger charge is 2.79. The quantitative estimate of drug-likeness (QED) is 0.464. The summed E-state index contributed by atoms with van der Waals surface area (Å²) in [6.07, 6.45) is 6.20. The number of fused-ring (bicyclic) bond motifs is 1. The SMILES string of the molecule is COc1ccc2c3c1O[C@@H]1[C@@]4(OC)C=C[C@@]5(C[C@H]4N([O-])O)[C@@H](C2)N(C=O)CC[C@]315. The third-order valence-corrected chi connectivity index (χ3v) is 8.42. The Morgan fingerprint density at radius 2 is 2.21 bits per heavy atom. The lowest BCUT2D eigenvalue weighted by Gasteiger charge is -2.71. The first-order chi connectivity index (χ1) is 14.0. The second-order valence-electron chi connectivity index (χ2n) is 8.87. The third kappa shape index (κ3) is 1.64. The maximum Gasteiger partial charge on any atom is 0.209 e. The second-order valence-corrected chi connectivity index (χ2v) is 8.87. The van der Waals surface area contributed by atoms with Gasteiger partial charge < -0.3 is 29.5 Å². The van der Waals surface area contributed by atoms with Gasteiger partial charge in [-0.1, -0.05) is 18.2 Å². The van der Waals surface area contributed by atoms with Crippen molar-refractivity contribution >= 4 is 6.41 Å². The zero-order chi connectivity index (χ0) is 20.2. The second kappa shape index (κ2) is 5.31. The Labute approximate surface area is 168 Å². The van der Waals surface area contributed by atoms with E-state index in [-0.39, 0.29) is 11.3 Å². The van der Waals surface area contributed by atoms with Crippen LogP contribution in [0.4, 0.5) is 0 Å². The molecule has 0 radical (unpaired) electrons. The number of rotatable bonds is 4. The normalized spacial score (nSPS) is 42.7. The Hall–Kier alpha value is -2.13. The highest BCUT2D eigenvalue weighted by atomic mass is 16.8. The van der Waals surface area contributed by atoms with E-state index in [2.05, 4.69) is 12.1 Å². The molecule has 0 unspecified atom stereocenters. The minimum atomic E-state index is -1.09. The van der Waals surface area contributed by atoms with Crippen molar-refractivity contribution in [3.63, 3.8) is 0 Å². The first kappa shape index (κ1) is 17.7. The molecule has 1 aromatic carbocycles. The summed E-state index contributed by atoms with van der Waals surface area (Å²) in [6, 6.07) is 3.03. The van der Waals surface area contributed by atoms with E-state index in [0.717, 1.165) is 17.5 Å². The maximum atomic E-state index is 12.3. The van der Waals surface area contributed by atoms with Crippen LogP contribution in [0.25, 0.3) is 0 Å². The zero-order valence-corrected chi connectivity index (χ0v) is 16.3. The summed E-state index contributed by atoms with van der Waals surface area (Å²) in [6.45, 7) is 0.615. The van der Waals surface area contributed by atoms with Crippen LogP contribution >= 0.6 is 0 Å². The first-order valence-electron chi connectivity index (χ1n) is 9.98. The average molecular weight is 399 g/mol. The number of carbonyl (C=O) groups excluding carboxylic acids is 1. The van der Waals surface area contributed by atoms with E-state index in [1.807, 2.05) is 17.0 Å². The first-order valence-corrected chi connectivity index (χ1v) is 9.98. The molecule has 2 fully saturated rings. The molecule has 0 aromatic heterocycles. The predicted octanol–water partition coefficient (Wildman–Crippen LogP) is 1.38. The highest BCUT2D eigenvalue weighted by Crippen LogP contribution is 2.73. The number of hydrogen-bond donors (Lipinski definition) is 1. The van der Waals surface area contributed by atoms with Gasteiger partial charge in [-0.15, -0.1) is 0 Å². The minimum absolute atomic E-state index is 0.0156. The highest BCUT2D eigenvalue weighted by molar-refractivity contribution is 5.67. The van der Waals surface area contributed by atoms with Crippen molar-refractivity contribution in [3.05, 3.63) is 40.6 Å². The van der Waals surface area contributed by atoms with E-state index in [9.17, 15) is 15.2 Å². The fraction of sp³-hybridized carbons (Fsp3) is 0.571. The summed E-state index contributed by atoms with van der Waals surface area (Å²) < 4.78 is 18.2. The molecule has 1 saturated carbocycles. The molecule has 4 aliphatic carbocycles. The van der Waals surface area contributed by atoms with Crippen LogP contribution in [0.15, 0.2) is 24.3 Å². The number of hydroxylamine groups is 2. The molecule has 2 spiro atoms. The Kier molecular flexibility index (Phi) is 3.24. The summed E-state index contributed by atoms with van der Waals surface area (Å²) in [7, 11) is 3.17. The Morgan fingerprint density at radius 3 is 2.90 bits per heavy atom. The van der Waals surface area contributed by atoms with E-state index in [0.29, 0.717) is 37.3 Å². The number of methoxy groups -OCH3 is 2. The topological polar surface area (TPSA) is 94.5 Å². The van der Waals surface area contributed by atoms with Crippen LogP contribution < -0.4 is 9.47 Å². The molecule has 1 saturated heterocycles. The average Bonchev–Trinajstić information content (AvgIpc) is 3.10. The minimum Gasteiger partial charge on any atom is -0.762 e. The number of likely N-dealkylation sites (tertiary alicyclic amines) is 1. The van der Waals surface area contributed by atoms with Crippen molar-refractivity contribution in [2.24, 2.45) is 5.41 Å². The van der Waals surface area contributed by atoms with Crippen LogP contribution in [0, 0.1) is 10.6 Å². The molecule has 2 aliphatic heterocycles. The monoisotopic (exact) mass is 399 g/mol. The molecule has 1 aromatic rings. The lowest BCUT2D eigenvalue weighted by Crippen LogP contribution is -2.81. The fourth-order valence-corrected chi connectivity index (χ4v) is 7.36. The lowest BCUT2D eigenvalue weighted by atomic mass is 9.38. The van der Waals surface area contributed by atoms with E-state index in [1.165, 1.54) is 0 Å². The van der Waals surface area contributed by atoms with Gasteiger partial charge in [-0.05, 0) is 30.9 Å². The van der Waals surface area contributed by atoms with Gasteiger partial charge in [0.1, 0.15) is 11.7 Å². The number of benzene rings is 1. The van der Waals surface area contributed by atoms with Gasteiger partial charge in [0, 0.05) is 30.7 Å². The molecular weight excluding hydrogens is 376 g/mol. The number of hydrogen-bond acceptors (Lipinski definition) is 7. The van der Waals surface area contributed by atoms with Gasteiger partial charge in [-0.2, -0.15) is 0 Å². The lowest BCUT2D eigenvalue weighted by molar-refractivity contribution is -0.250. The van der Waals surface area contributed by atoms with Gasteiger partial charge in [0.15, 0.2) is 11.5 Å². The summed E-state index contributed by atoms with van der Waals surface area (Å²) in [5.41, 5.74) is 0.231. The Balaban J connectivity index is 1.70.